The van der Waals surface area contributed by atoms with Gasteiger partial charge in [-0.05, 0) is 24.6 Å². The van der Waals surface area contributed by atoms with Crippen LogP contribution in [-0.2, 0) is 33.2 Å². The number of carbonyl (C=O) groups excluding carboxylic acids is 1. The third-order valence-corrected chi connectivity index (χ3v) is 8.89. The lowest BCUT2D eigenvalue weighted by Gasteiger charge is -2.46. The molecule has 1 aromatic rings. The lowest BCUT2D eigenvalue weighted by atomic mass is 9.81. The lowest BCUT2D eigenvalue weighted by molar-refractivity contribution is -0.354. The Bertz CT molecular complexity index is 1240. The van der Waals surface area contributed by atoms with E-state index in [9.17, 15) is 50.8 Å². The van der Waals surface area contributed by atoms with Crippen LogP contribution in [0.15, 0.2) is 48.7 Å². The fourth-order valence-corrected chi connectivity index (χ4v) is 6.39. The molecule has 3 fully saturated rings. The van der Waals surface area contributed by atoms with Gasteiger partial charge in [0.05, 0.1) is 31.5 Å². The molecule has 0 spiro atoms. The average Bonchev–Trinajstić information content (AvgIpc) is 3.26. The number of hydrogen-bond acceptors (Lipinski definition) is 16. The molecule has 2 saturated heterocycles. The molecule has 46 heavy (non-hydrogen) atoms. The summed E-state index contributed by atoms with van der Waals surface area (Å²) in [7, 11) is 0. The van der Waals surface area contributed by atoms with E-state index in [4.69, 9.17) is 28.4 Å². The Hall–Kier alpha value is -2.55. The molecule has 3 heterocycles. The Morgan fingerprint density at radius 1 is 0.848 bits per heavy atom. The summed E-state index contributed by atoms with van der Waals surface area (Å²) in [4.78, 5) is 13.1. The van der Waals surface area contributed by atoms with Crippen molar-refractivity contribution in [2.75, 3.05) is 13.2 Å². The predicted octanol–water partition coefficient (Wildman–Crippen LogP) is -3.38. The van der Waals surface area contributed by atoms with Gasteiger partial charge < -0.3 is 74.4 Å². The Balaban J connectivity index is 1.44. The van der Waals surface area contributed by atoms with Crippen LogP contribution < -0.4 is 0 Å². The molecule has 9 N–H and O–H groups in total. The van der Waals surface area contributed by atoms with Gasteiger partial charge in [-0.2, -0.15) is 0 Å². The van der Waals surface area contributed by atoms with Crippen LogP contribution in [0.5, 0.6) is 0 Å². The second kappa shape index (κ2) is 13.9. The number of fused-ring (bicyclic) bond motifs is 1. The summed E-state index contributed by atoms with van der Waals surface area (Å²) in [5.41, 5.74) is -3.10. The molecule has 256 valence electrons. The second-order valence-electron chi connectivity index (χ2n) is 12.0. The topological polar surface area (TPSA) is 255 Å². The van der Waals surface area contributed by atoms with Gasteiger partial charge in [-0.3, -0.25) is 0 Å². The van der Waals surface area contributed by atoms with E-state index < -0.39 is 110 Å². The van der Waals surface area contributed by atoms with Gasteiger partial charge in [0.1, 0.15) is 60.0 Å². The van der Waals surface area contributed by atoms with Crippen LogP contribution in [0.2, 0.25) is 0 Å². The van der Waals surface area contributed by atoms with Gasteiger partial charge >= 0.3 is 5.97 Å². The molecule has 0 radical (unpaired) electrons. The summed E-state index contributed by atoms with van der Waals surface area (Å²) in [6, 6.07) is 8.87. The highest BCUT2D eigenvalue weighted by Crippen LogP contribution is 2.53. The quantitative estimate of drug-likeness (QED) is 0.0928. The molecule has 0 aromatic heterocycles. The van der Waals surface area contributed by atoms with E-state index in [0.717, 1.165) is 6.26 Å². The third kappa shape index (κ3) is 6.59. The van der Waals surface area contributed by atoms with Gasteiger partial charge in [-0.15, -0.1) is 0 Å². The summed E-state index contributed by atoms with van der Waals surface area (Å²) in [5, 5.41) is 93.5. The molecule has 15 atom stereocenters. The van der Waals surface area contributed by atoms with Crippen molar-refractivity contribution in [3.8, 4) is 0 Å². The largest absolute Gasteiger partial charge is 0.472 e. The molecular formula is C30H40O16. The number of aliphatic hydroxyl groups excluding tert-OH is 8. The van der Waals surface area contributed by atoms with E-state index in [0.29, 0.717) is 5.56 Å². The Labute approximate surface area is 263 Å². The van der Waals surface area contributed by atoms with Crippen LogP contribution in [-0.4, -0.2) is 150 Å². The predicted molar refractivity (Wildman–Crippen MR) is 151 cm³/mol. The minimum Gasteiger partial charge on any atom is -0.472 e. The van der Waals surface area contributed by atoms with Gasteiger partial charge in [0.25, 0.3) is 0 Å². The molecule has 1 aliphatic carbocycles. The number of ether oxygens (including phenoxy) is 6. The van der Waals surface area contributed by atoms with E-state index in [2.05, 4.69) is 0 Å². The van der Waals surface area contributed by atoms with Crippen LogP contribution in [0.25, 0.3) is 6.08 Å². The SMILES string of the molecule is C[C@@]1(OC(=O)/C=C/c2ccccc2)C[C@@H](O[C@H]2O[C@@H](CO)[C@H](O)[C@@H](O)[C@@H]2O)[C@]2(O)C=CO[C@H](O[C@H]3O[C@@H](CO)[C@H](O)[C@@H](O)[C@@H]3O)[C@@H]21. The Morgan fingerprint density at radius 2 is 1.41 bits per heavy atom. The molecule has 3 aliphatic heterocycles. The van der Waals surface area contributed by atoms with Crippen molar-refractivity contribution in [2.24, 2.45) is 5.92 Å². The zero-order chi connectivity index (χ0) is 33.4. The zero-order valence-electron chi connectivity index (χ0n) is 24.7. The third-order valence-electron chi connectivity index (χ3n) is 8.89. The molecule has 0 unspecified atom stereocenters. The highest BCUT2D eigenvalue weighted by atomic mass is 16.8. The van der Waals surface area contributed by atoms with Crippen LogP contribution in [0.4, 0.5) is 0 Å². The number of aliphatic hydroxyl groups is 9. The van der Waals surface area contributed by atoms with E-state index in [1.54, 1.807) is 30.3 Å². The second-order valence-corrected chi connectivity index (χ2v) is 12.0. The van der Waals surface area contributed by atoms with Gasteiger partial charge in [-0.25, -0.2) is 4.79 Å². The van der Waals surface area contributed by atoms with E-state index in [-0.39, 0.29) is 6.42 Å². The summed E-state index contributed by atoms with van der Waals surface area (Å²) in [6.07, 6.45) is -14.8. The number of hydrogen-bond donors (Lipinski definition) is 9. The maximum Gasteiger partial charge on any atom is 0.331 e. The normalized spacial score (nSPS) is 45.7. The number of benzene rings is 1. The molecule has 5 rings (SSSR count). The number of carbonyl (C=O) groups is 1. The van der Waals surface area contributed by atoms with Crippen LogP contribution in [0.3, 0.4) is 0 Å². The minimum atomic E-state index is -2.12. The maximum absolute atomic E-state index is 13.1. The van der Waals surface area contributed by atoms with Gasteiger partial charge in [-0.1, -0.05) is 30.3 Å². The summed E-state index contributed by atoms with van der Waals surface area (Å²) in [5.74, 6) is -2.19. The molecule has 0 bridgehead atoms. The van der Waals surface area contributed by atoms with Crippen molar-refractivity contribution in [1.82, 2.24) is 0 Å². The molecule has 16 nitrogen and oxygen atoms in total. The first-order chi connectivity index (χ1) is 21.8. The first kappa shape index (κ1) is 34.8. The van der Waals surface area contributed by atoms with E-state index >= 15 is 0 Å². The molecule has 0 amide bonds. The Morgan fingerprint density at radius 3 is 1.98 bits per heavy atom. The summed E-state index contributed by atoms with van der Waals surface area (Å²) < 4.78 is 34.3. The van der Waals surface area contributed by atoms with Gasteiger partial charge in [0, 0.05) is 12.5 Å². The van der Waals surface area contributed by atoms with Gasteiger partial charge in [0.15, 0.2) is 12.6 Å². The highest BCUT2D eigenvalue weighted by Gasteiger charge is 2.68. The standard InChI is InChI=1S/C30H40O16/c1-29(46-18(33)8-7-14-5-3-2-4-6-14)11-17(44-26-23(38)21(36)19(34)15(12-31)42-26)30(40)9-10-41-28(25(29)30)45-27-24(39)22(37)20(35)16(13-32)43-27/h2-10,15-17,19-28,31-32,34-40H,11-13H2,1H3/b8-7+/t15-,16-,17+,19-,20-,21+,22+,23-,24-,25+,26+,27+,28+,29+,30+/m0/s1. The van der Waals surface area contributed by atoms with Crippen molar-refractivity contribution in [1.29, 1.82) is 0 Å². The van der Waals surface area contributed by atoms with E-state index in [1.807, 2.05) is 0 Å². The van der Waals surface area contributed by atoms with Crippen molar-refractivity contribution in [2.45, 2.75) is 98.4 Å². The zero-order valence-corrected chi connectivity index (χ0v) is 24.7. The van der Waals surface area contributed by atoms with E-state index in [1.165, 1.54) is 25.2 Å². The number of esters is 1. The monoisotopic (exact) mass is 656 g/mol. The van der Waals surface area contributed by atoms with Gasteiger partial charge in [0.2, 0.25) is 6.29 Å². The van der Waals surface area contributed by atoms with Crippen molar-refractivity contribution in [3.63, 3.8) is 0 Å². The first-order valence-corrected chi connectivity index (χ1v) is 14.8. The molecular weight excluding hydrogens is 616 g/mol. The highest BCUT2D eigenvalue weighted by molar-refractivity contribution is 5.87. The lowest BCUT2D eigenvalue weighted by Crippen LogP contribution is -2.63. The smallest absolute Gasteiger partial charge is 0.331 e. The van der Waals surface area contributed by atoms with Crippen molar-refractivity contribution >= 4 is 12.0 Å². The first-order valence-electron chi connectivity index (χ1n) is 14.8. The van der Waals surface area contributed by atoms with Crippen LogP contribution in [0, 0.1) is 5.92 Å². The fourth-order valence-electron chi connectivity index (χ4n) is 6.39. The van der Waals surface area contributed by atoms with Crippen LogP contribution in [0.1, 0.15) is 18.9 Å². The molecule has 1 saturated carbocycles. The minimum absolute atomic E-state index is 0.281. The molecule has 4 aliphatic rings. The molecule has 1 aromatic carbocycles. The van der Waals surface area contributed by atoms with Crippen molar-refractivity contribution in [3.05, 3.63) is 54.3 Å². The van der Waals surface area contributed by atoms with Crippen molar-refractivity contribution < 1.29 is 79.2 Å². The fraction of sp³-hybridized carbons (Fsp3) is 0.633. The summed E-state index contributed by atoms with van der Waals surface area (Å²) in [6.45, 7) is -0.00438. The summed E-state index contributed by atoms with van der Waals surface area (Å²) >= 11 is 0. The number of rotatable bonds is 9. The van der Waals surface area contributed by atoms with Crippen LogP contribution >= 0.6 is 0 Å². The Kier molecular flexibility index (Phi) is 10.5. The maximum atomic E-state index is 13.1. The average molecular weight is 657 g/mol. The molecule has 16 heteroatoms.